The van der Waals surface area contributed by atoms with Crippen LogP contribution in [0.2, 0.25) is 0 Å². The second-order valence-electron chi connectivity index (χ2n) is 8.44. The average Bonchev–Trinajstić information content (AvgIpc) is 3.14. The van der Waals surface area contributed by atoms with Crippen molar-refractivity contribution in [2.45, 2.75) is 32.1 Å². The SMILES string of the molecule is Cc1ccc(S(=O)(=O)NC(=O)OCCc2ccc(-n3nc(C)c(-c4ccc(F)cc4)c3C)cc2)cc1. The van der Waals surface area contributed by atoms with Crippen LogP contribution in [0.25, 0.3) is 16.8 Å². The van der Waals surface area contributed by atoms with E-state index in [2.05, 4.69) is 5.10 Å². The van der Waals surface area contributed by atoms with Crippen LogP contribution in [0.3, 0.4) is 0 Å². The molecule has 0 atom stereocenters. The van der Waals surface area contributed by atoms with Crippen molar-refractivity contribution in [2.24, 2.45) is 0 Å². The number of carbonyl (C=O) groups excluding carboxylic acids is 1. The molecule has 0 fully saturated rings. The number of aromatic nitrogens is 2. The maximum atomic E-state index is 13.3. The zero-order chi connectivity index (χ0) is 25.9. The van der Waals surface area contributed by atoms with Gasteiger partial charge in [0.15, 0.2) is 0 Å². The molecular weight excluding hydrogens is 481 g/mol. The number of carbonyl (C=O) groups is 1. The summed E-state index contributed by atoms with van der Waals surface area (Å²) in [5, 5.41) is 4.65. The van der Waals surface area contributed by atoms with Gasteiger partial charge in [0, 0.05) is 17.7 Å². The fourth-order valence-corrected chi connectivity index (χ4v) is 4.80. The van der Waals surface area contributed by atoms with Gasteiger partial charge < -0.3 is 4.74 Å². The summed E-state index contributed by atoms with van der Waals surface area (Å²) < 4.78 is 46.7. The van der Waals surface area contributed by atoms with Crippen LogP contribution < -0.4 is 4.72 Å². The Hall–Kier alpha value is -3.98. The number of hydrogen-bond donors (Lipinski definition) is 1. The maximum Gasteiger partial charge on any atom is 0.421 e. The third-order valence-electron chi connectivity index (χ3n) is 5.78. The second-order valence-corrected chi connectivity index (χ2v) is 10.1. The first kappa shape index (κ1) is 25.1. The van der Waals surface area contributed by atoms with Crippen LogP contribution in [0.4, 0.5) is 9.18 Å². The Labute approximate surface area is 209 Å². The highest BCUT2D eigenvalue weighted by molar-refractivity contribution is 7.90. The molecular formula is C27H26FN3O4S. The number of hydrogen-bond acceptors (Lipinski definition) is 5. The zero-order valence-corrected chi connectivity index (χ0v) is 21.0. The van der Waals surface area contributed by atoms with E-state index in [0.29, 0.717) is 6.42 Å². The van der Waals surface area contributed by atoms with Crippen molar-refractivity contribution >= 4 is 16.1 Å². The number of amides is 1. The number of ether oxygens (including phenoxy) is 1. The Kier molecular flexibility index (Phi) is 7.21. The molecule has 0 saturated heterocycles. The first-order chi connectivity index (χ1) is 17.1. The van der Waals surface area contributed by atoms with Gasteiger partial charge in [0.25, 0.3) is 10.0 Å². The van der Waals surface area contributed by atoms with Crippen molar-refractivity contribution in [3.05, 3.63) is 101 Å². The summed E-state index contributed by atoms with van der Waals surface area (Å²) >= 11 is 0. The van der Waals surface area contributed by atoms with Gasteiger partial charge in [-0.1, -0.05) is 42.0 Å². The monoisotopic (exact) mass is 507 g/mol. The van der Waals surface area contributed by atoms with E-state index in [1.807, 2.05) is 54.4 Å². The van der Waals surface area contributed by atoms with Crippen molar-refractivity contribution in [3.63, 3.8) is 0 Å². The molecule has 0 bridgehead atoms. The standard InChI is InChI=1S/C27H26FN3O4S/c1-18-4-14-25(15-5-18)36(33,34)30-27(32)35-17-16-21-6-12-24(13-7-21)31-20(3)26(19(2)29-31)22-8-10-23(28)11-9-22/h4-15H,16-17H2,1-3H3,(H,30,32). The van der Waals surface area contributed by atoms with Crippen LogP contribution in [0.5, 0.6) is 0 Å². The highest BCUT2D eigenvalue weighted by atomic mass is 32.2. The van der Waals surface area contributed by atoms with Gasteiger partial charge in [-0.15, -0.1) is 0 Å². The van der Waals surface area contributed by atoms with Crippen LogP contribution >= 0.6 is 0 Å². The van der Waals surface area contributed by atoms with E-state index in [1.54, 1.807) is 24.3 Å². The van der Waals surface area contributed by atoms with E-state index in [4.69, 9.17) is 4.74 Å². The van der Waals surface area contributed by atoms with Gasteiger partial charge in [0.1, 0.15) is 5.82 Å². The molecule has 186 valence electrons. The lowest BCUT2D eigenvalue weighted by atomic mass is 10.0. The molecule has 4 rings (SSSR count). The summed E-state index contributed by atoms with van der Waals surface area (Å²) in [6, 6.07) is 20.1. The summed E-state index contributed by atoms with van der Waals surface area (Å²) in [4.78, 5) is 12.0. The molecule has 9 heteroatoms. The number of sulfonamides is 1. The molecule has 3 aromatic carbocycles. The fraction of sp³-hybridized carbons (Fsp3) is 0.185. The normalized spacial score (nSPS) is 11.3. The topological polar surface area (TPSA) is 90.3 Å². The Morgan fingerprint density at radius 2 is 1.58 bits per heavy atom. The molecule has 36 heavy (non-hydrogen) atoms. The van der Waals surface area contributed by atoms with Crippen LogP contribution in [0, 0.1) is 26.6 Å². The van der Waals surface area contributed by atoms with Gasteiger partial charge in [-0.05, 0) is 68.3 Å². The van der Waals surface area contributed by atoms with Crippen LogP contribution in [0.1, 0.15) is 22.5 Å². The smallest absolute Gasteiger partial charge is 0.421 e. The average molecular weight is 508 g/mol. The summed E-state index contributed by atoms with van der Waals surface area (Å²) in [7, 11) is -3.99. The first-order valence-corrected chi connectivity index (χ1v) is 12.8. The van der Waals surface area contributed by atoms with E-state index in [0.717, 1.165) is 39.3 Å². The lowest BCUT2D eigenvalue weighted by Gasteiger charge is -2.09. The van der Waals surface area contributed by atoms with Crippen LogP contribution in [-0.2, 0) is 21.2 Å². The quantitative estimate of drug-likeness (QED) is 0.368. The van der Waals surface area contributed by atoms with Crippen molar-refractivity contribution in [1.29, 1.82) is 0 Å². The van der Waals surface area contributed by atoms with Crippen molar-refractivity contribution in [2.75, 3.05) is 6.61 Å². The molecule has 0 radical (unpaired) electrons. The Morgan fingerprint density at radius 3 is 2.22 bits per heavy atom. The van der Waals surface area contributed by atoms with Gasteiger partial charge in [-0.3, -0.25) is 0 Å². The van der Waals surface area contributed by atoms with Crippen LogP contribution in [0.15, 0.2) is 77.7 Å². The molecule has 0 unspecified atom stereocenters. The number of rotatable bonds is 7. The van der Waals surface area contributed by atoms with E-state index < -0.39 is 16.1 Å². The summed E-state index contributed by atoms with van der Waals surface area (Å²) in [5.74, 6) is -0.286. The van der Waals surface area contributed by atoms with Gasteiger partial charge in [-0.25, -0.2) is 27.0 Å². The third kappa shape index (κ3) is 5.63. The molecule has 4 aromatic rings. The van der Waals surface area contributed by atoms with Crippen molar-refractivity contribution in [3.8, 4) is 16.8 Å². The van der Waals surface area contributed by atoms with E-state index in [9.17, 15) is 17.6 Å². The van der Waals surface area contributed by atoms with Gasteiger partial charge in [0.05, 0.1) is 22.9 Å². The highest BCUT2D eigenvalue weighted by Crippen LogP contribution is 2.29. The summed E-state index contributed by atoms with van der Waals surface area (Å²) in [6.07, 6.45) is -0.612. The summed E-state index contributed by atoms with van der Waals surface area (Å²) in [6.45, 7) is 5.73. The minimum absolute atomic E-state index is 0.00706. The number of benzene rings is 3. The predicted octanol–water partition coefficient (Wildman–Crippen LogP) is 5.26. The van der Waals surface area contributed by atoms with E-state index in [-0.39, 0.29) is 17.3 Å². The zero-order valence-electron chi connectivity index (χ0n) is 20.2. The minimum Gasteiger partial charge on any atom is -0.448 e. The van der Waals surface area contributed by atoms with Crippen molar-refractivity contribution < 1.29 is 22.3 Å². The predicted molar refractivity (Wildman–Crippen MR) is 135 cm³/mol. The largest absolute Gasteiger partial charge is 0.448 e. The second kappa shape index (κ2) is 10.3. The maximum absolute atomic E-state index is 13.3. The minimum atomic E-state index is -3.99. The molecule has 0 aliphatic heterocycles. The Balaban J connectivity index is 1.36. The van der Waals surface area contributed by atoms with Crippen LogP contribution in [-0.4, -0.2) is 30.9 Å². The van der Waals surface area contributed by atoms with Gasteiger partial charge in [0.2, 0.25) is 0 Å². The Bertz CT molecular complexity index is 1480. The third-order valence-corrected chi connectivity index (χ3v) is 7.11. The fourth-order valence-electron chi connectivity index (χ4n) is 3.91. The molecule has 1 N–H and O–H groups in total. The molecule has 0 saturated carbocycles. The molecule has 0 spiro atoms. The molecule has 1 heterocycles. The first-order valence-electron chi connectivity index (χ1n) is 11.3. The number of halogens is 1. The lowest BCUT2D eigenvalue weighted by molar-refractivity contribution is 0.154. The number of nitrogens with one attached hydrogen (secondary N) is 1. The molecule has 0 aliphatic carbocycles. The molecule has 1 aromatic heterocycles. The highest BCUT2D eigenvalue weighted by Gasteiger charge is 2.18. The summed E-state index contributed by atoms with van der Waals surface area (Å²) in [5.41, 5.74) is 6.30. The van der Waals surface area contributed by atoms with E-state index in [1.165, 1.54) is 24.3 Å². The van der Waals surface area contributed by atoms with Crippen molar-refractivity contribution in [1.82, 2.24) is 14.5 Å². The molecule has 7 nitrogen and oxygen atoms in total. The molecule has 1 amide bonds. The Morgan fingerprint density at radius 1 is 0.944 bits per heavy atom. The molecule has 0 aliphatic rings. The lowest BCUT2D eigenvalue weighted by Crippen LogP contribution is -2.31. The number of aryl methyl sites for hydroxylation is 2. The van der Waals surface area contributed by atoms with E-state index >= 15 is 0 Å². The number of nitrogens with zero attached hydrogens (tertiary/aromatic N) is 2. The van der Waals surface area contributed by atoms with Gasteiger partial charge >= 0.3 is 6.09 Å². The van der Waals surface area contributed by atoms with Gasteiger partial charge in [-0.2, -0.15) is 5.10 Å².